The van der Waals surface area contributed by atoms with Crippen molar-refractivity contribution in [2.45, 2.75) is 46.6 Å². The van der Waals surface area contributed by atoms with Crippen LogP contribution >= 0.6 is 12.4 Å². The molecule has 3 N–H and O–H groups in total. The minimum Gasteiger partial charge on any atom is -0.481 e. The lowest BCUT2D eigenvalue weighted by atomic mass is 9.98. The van der Waals surface area contributed by atoms with Gasteiger partial charge in [0.05, 0.1) is 0 Å². The minimum atomic E-state index is -0.515. The molecule has 1 rings (SSSR count). The number of benzene rings is 1. The summed E-state index contributed by atoms with van der Waals surface area (Å²) in [5.74, 6) is 1.37. The summed E-state index contributed by atoms with van der Waals surface area (Å²) < 4.78 is 5.71. The molecule has 2 atom stereocenters. The van der Waals surface area contributed by atoms with Gasteiger partial charge < -0.3 is 15.8 Å². The summed E-state index contributed by atoms with van der Waals surface area (Å²) in [6, 6.07) is 5.98. The van der Waals surface area contributed by atoms with Crippen LogP contribution in [0, 0.1) is 12.8 Å². The summed E-state index contributed by atoms with van der Waals surface area (Å²) in [4.78, 5) is 12.0. The van der Waals surface area contributed by atoms with Crippen LogP contribution in [-0.4, -0.2) is 25.1 Å². The molecule has 126 valence electrons. The summed E-state index contributed by atoms with van der Waals surface area (Å²) >= 11 is 0. The fraction of sp³-hybridized carbons (Fsp3) is 0.588. The quantitative estimate of drug-likeness (QED) is 0.808. The number of hydrogen-bond acceptors (Lipinski definition) is 3. The lowest BCUT2D eigenvalue weighted by Gasteiger charge is -2.18. The van der Waals surface area contributed by atoms with E-state index < -0.39 is 6.10 Å². The van der Waals surface area contributed by atoms with E-state index in [0.717, 1.165) is 5.75 Å². The third-order valence-electron chi connectivity index (χ3n) is 3.57. The Morgan fingerprint density at radius 3 is 2.41 bits per heavy atom. The molecule has 0 heterocycles. The van der Waals surface area contributed by atoms with Gasteiger partial charge in [0.15, 0.2) is 6.10 Å². The van der Waals surface area contributed by atoms with Crippen molar-refractivity contribution < 1.29 is 9.53 Å². The Hall–Kier alpha value is -1.26. The fourth-order valence-corrected chi connectivity index (χ4v) is 2.13. The average molecular weight is 329 g/mol. The van der Waals surface area contributed by atoms with Crippen molar-refractivity contribution in [1.29, 1.82) is 0 Å². The molecule has 0 radical (unpaired) electrons. The first-order valence-corrected chi connectivity index (χ1v) is 7.60. The molecule has 1 aromatic rings. The SMILES string of the molecule is Cc1cc(OC(C)C(=O)NCC(C)CN)ccc1C(C)C.Cl. The molecule has 0 aromatic heterocycles. The Morgan fingerprint density at radius 2 is 1.91 bits per heavy atom. The van der Waals surface area contributed by atoms with E-state index in [1.54, 1.807) is 6.92 Å². The van der Waals surface area contributed by atoms with Crippen LogP contribution in [0.15, 0.2) is 18.2 Å². The molecular weight excluding hydrogens is 300 g/mol. The maximum absolute atomic E-state index is 12.0. The number of aryl methyl sites for hydroxylation is 1. The summed E-state index contributed by atoms with van der Waals surface area (Å²) in [5, 5.41) is 2.85. The second-order valence-corrected chi connectivity index (χ2v) is 6.02. The lowest BCUT2D eigenvalue weighted by Crippen LogP contribution is -2.39. The third kappa shape index (κ3) is 6.24. The summed E-state index contributed by atoms with van der Waals surface area (Å²) in [7, 11) is 0. The van der Waals surface area contributed by atoms with Crippen molar-refractivity contribution in [2.75, 3.05) is 13.1 Å². The van der Waals surface area contributed by atoms with Gasteiger partial charge in [0.25, 0.3) is 5.91 Å². The topological polar surface area (TPSA) is 64.3 Å². The molecule has 2 unspecified atom stereocenters. The minimum absolute atomic E-state index is 0. The van der Waals surface area contributed by atoms with E-state index in [9.17, 15) is 4.79 Å². The van der Waals surface area contributed by atoms with Gasteiger partial charge in [-0.3, -0.25) is 4.79 Å². The summed E-state index contributed by atoms with van der Waals surface area (Å²) in [5.41, 5.74) is 8.02. The number of carbonyl (C=O) groups is 1. The highest BCUT2D eigenvalue weighted by Crippen LogP contribution is 2.24. The van der Waals surface area contributed by atoms with E-state index in [4.69, 9.17) is 10.5 Å². The monoisotopic (exact) mass is 328 g/mol. The Kier molecular flexibility index (Phi) is 9.14. The van der Waals surface area contributed by atoms with Crippen LogP contribution in [0.2, 0.25) is 0 Å². The van der Waals surface area contributed by atoms with Gasteiger partial charge >= 0.3 is 0 Å². The van der Waals surface area contributed by atoms with Crippen LogP contribution in [0.25, 0.3) is 0 Å². The normalized spacial score (nSPS) is 13.2. The van der Waals surface area contributed by atoms with E-state index in [-0.39, 0.29) is 24.2 Å². The maximum atomic E-state index is 12.0. The van der Waals surface area contributed by atoms with Gasteiger partial charge in [-0.05, 0) is 55.5 Å². The fourth-order valence-electron chi connectivity index (χ4n) is 2.13. The van der Waals surface area contributed by atoms with Gasteiger partial charge in [0.2, 0.25) is 0 Å². The van der Waals surface area contributed by atoms with Crippen molar-refractivity contribution in [3.63, 3.8) is 0 Å². The Bertz CT molecular complexity index is 478. The molecule has 4 nitrogen and oxygen atoms in total. The van der Waals surface area contributed by atoms with Crippen molar-refractivity contribution in [3.8, 4) is 5.75 Å². The van der Waals surface area contributed by atoms with Gasteiger partial charge in [-0.2, -0.15) is 0 Å². The molecule has 0 bridgehead atoms. The standard InChI is InChI=1S/C17H28N2O2.ClH/c1-11(2)16-7-6-15(8-13(16)4)21-14(5)17(20)19-10-12(3)9-18;/h6-8,11-12,14H,9-10,18H2,1-5H3,(H,19,20);1H. The van der Waals surface area contributed by atoms with E-state index in [1.807, 2.05) is 19.1 Å². The number of rotatable bonds is 7. The second kappa shape index (κ2) is 9.70. The van der Waals surface area contributed by atoms with Crippen molar-refractivity contribution in [1.82, 2.24) is 5.32 Å². The number of halogens is 1. The summed E-state index contributed by atoms with van der Waals surface area (Å²) in [6.07, 6.45) is -0.515. The number of amides is 1. The van der Waals surface area contributed by atoms with E-state index in [0.29, 0.717) is 19.0 Å². The first-order chi connectivity index (χ1) is 9.85. The highest BCUT2D eigenvalue weighted by atomic mass is 35.5. The molecule has 0 aliphatic carbocycles. The molecule has 0 spiro atoms. The van der Waals surface area contributed by atoms with Gasteiger partial charge in [-0.15, -0.1) is 12.4 Å². The Balaban J connectivity index is 0.00000441. The number of carbonyl (C=O) groups excluding carboxylic acids is 1. The molecule has 0 saturated heterocycles. The van der Waals surface area contributed by atoms with Crippen molar-refractivity contribution in [2.24, 2.45) is 11.7 Å². The number of hydrogen-bond donors (Lipinski definition) is 2. The molecule has 1 amide bonds. The van der Waals surface area contributed by atoms with Crippen molar-refractivity contribution >= 4 is 18.3 Å². The summed E-state index contributed by atoms with van der Waals surface area (Å²) in [6.45, 7) is 11.3. The molecular formula is C17H29ClN2O2. The predicted octanol–water partition coefficient (Wildman–Crippen LogP) is 3.02. The smallest absolute Gasteiger partial charge is 0.260 e. The Morgan fingerprint density at radius 1 is 1.27 bits per heavy atom. The van der Waals surface area contributed by atoms with E-state index in [1.165, 1.54) is 11.1 Å². The highest BCUT2D eigenvalue weighted by Gasteiger charge is 2.15. The first kappa shape index (κ1) is 20.7. The zero-order valence-corrected chi connectivity index (χ0v) is 15.0. The predicted molar refractivity (Wildman–Crippen MR) is 93.8 cm³/mol. The first-order valence-electron chi connectivity index (χ1n) is 7.60. The van der Waals surface area contributed by atoms with E-state index >= 15 is 0 Å². The number of nitrogens with one attached hydrogen (secondary N) is 1. The maximum Gasteiger partial charge on any atom is 0.260 e. The van der Waals surface area contributed by atoms with Crippen molar-refractivity contribution in [3.05, 3.63) is 29.3 Å². The van der Waals surface area contributed by atoms with Crippen LogP contribution in [0.4, 0.5) is 0 Å². The van der Waals surface area contributed by atoms with Gasteiger partial charge in [-0.1, -0.05) is 26.8 Å². The largest absolute Gasteiger partial charge is 0.481 e. The van der Waals surface area contributed by atoms with Crippen LogP contribution in [0.3, 0.4) is 0 Å². The molecule has 1 aromatic carbocycles. The van der Waals surface area contributed by atoms with Crippen LogP contribution in [-0.2, 0) is 4.79 Å². The zero-order chi connectivity index (χ0) is 16.0. The molecule has 0 aliphatic rings. The van der Waals surface area contributed by atoms with Gasteiger partial charge in [-0.25, -0.2) is 0 Å². The van der Waals surface area contributed by atoms with Gasteiger partial charge in [0.1, 0.15) is 5.75 Å². The second-order valence-electron chi connectivity index (χ2n) is 6.02. The lowest BCUT2D eigenvalue weighted by molar-refractivity contribution is -0.127. The molecule has 5 heteroatoms. The molecule has 0 aliphatic heterocycles. The molecule has 22 heavy (non-hydrogen) atoms. The molecule has 0 fully saturated rings. The van der Waals surface area contributed by atoms with E-state index in [2.05, 4.69) is 32.2 Å². The highest BCUT2D eigenvalue weighted by molar-refractivity contribution is 5.85. The van der Waals surface area contributed by atoms with Crippen LogP contribution < -0.4 is 15.8 Å². The van der Waals surface area contributed by atoms with Crippen LogP contribution in [0.1, 0.15) is 44.7 Å². The zero-order valence-electron chi connectivity index (χ0n) is 14.2. The molecule has 0 saturated carbocycles. The van der Waals surface area contributed by atoms with Gasteiger partial charge in [0, 0.05) is 6.54 Å². The average Bonchev–Trinajstić information content (AvgIpc) is 2.43. The number of ether oxygens (including phenoxy) is 1. The number of nitrogens with two attached hydrogens (primary N) is 1. The Labute approximate surface area is 140 Å². The van der Waals surface area contributed by atoms with Crippen LogP contribution in [0.5, 0.6) is 5.75 Å². The third-order valence-corrected chi connectivity index (χ3v) is 3.57.